The van der Waals surface area contributed by atoms with E-state index in [1.54, 1.807) is 11.4 Å². The summed E-state index contributed by atoms with van der Waals surface area (Å²) in [5.41, 5.74) is 0. The highest BCUT2D eigenvalue weighted by atomic mass is 32.2. The third-order valence-electron chi connectivity index (χ3n) is 1.06. The van der Waals surface area contributed by atoms with Gasteiger partial charge in [-0.25, -0.2) is 8.51 Å². The standard InChI is InChI=1S/C5H7NO2S/c1-3-5-4-6(2)9(7)8-5/h1,5H,4H2,2H3. The van der Waals surface area contributed by atoms with Gasteiger partial charge in [0.1, 0.15) is 6.10 Å². The highest BCUT2D eigenvalue weighted by Gasteiger charge is 2.25. The summed E-state index contributed by atoms with van der Waals surface area (Å²) in [6.45, 7) is 0.559. The summed E-state index contributed by atoms with van der Waals surface area (Å²) in [7, 11) is 1.70. The molecule has 0 N–H and O–H groups in total. The molecule has 0 amide bonds. The molecule has 0 radical (unpaired) electrons. The normalized spacial score (nSPS) is 36.4. The molecule has 2 atom stereocenters. The van der Waals surface area contributed by atoms with Crippen LogP contribution in [0.1, 0.15) is 0 Å². The second-order valence-corrected chi connectivity index (χ2v) is 3.03. The molecule has 3 nitrogen and oxygen atoms in total. The lowest BCUT2D eigenvalue weighted by atomic mass is 10.4. The Morgan fingerprint density at radius 3 is 2.89 bits per heavy atom. The summed E-state index contributed by atoms with van der Waals surface area (Å²) in [5.74, 6) is 2.37. The molecule has 0 saturated carbocycles. The van der Waals surface area contributed by atoms with Gasteiger partial charge in [-0.05, 0) is 0 Å². The smallest absolute Gasteiger partial charge is 0.238 e. The van der Waals surface area contributed by atoms with Gasteiger partial charge >= 0.3 is 0 Å². The highest BCUT2D eigenvalue weighted by molar-refractivity contribution is 7.77. The second kappa shape index (κ2) is 2.48. The van der Waals surface area contributed by atoms with Crippen LogP contribution in [0.25, 0.3) is 0 Å². The van der Waals surface area contributed by atoms with Crippen LogP contribution in [-0.4, -0.2) is 28.2 Å². The number of hydrogen-bond acceptors (Lipinski definition) is 2. The number of hydrogen-bond donors (Lipinski definition) is 0. The van der Waals surface area contributed by atoms with Crippen molar-refractivity contribution in [3.05, 3.63) is 0 Å². The molecule has 1 fully saturated rings. The fraction of sp³-hybridized carbons (Fsp3) is 0.600. The molecular formula is C5H7NO2S. The summed E-state index contributed by atoms with van der Waals surface area (Å²) in [6, 6.07) is 0. The van der Waals surface area contributed by atoms with Crippen molar-refractivity contribution in [2.45, 2.75) is 6.10 Å². The monoisotopic (exact) mass is 145 g/mol. The average molecular weight is 145 g/mol. The fourth-order valence-corrected chi connectivity index (χ4v) is 1.30. The van der Waals surface area contributed by atoms with E-state index >= 15 is 0 Å². The van der Waals surface area contributed by atoms with Crippen LogP contribution in [-0.2, 0) is 15.4 Å². The van der Waals surface area contributed by atoms with Crippen molar-refractivity contribution in [1.82, 2.24) is 4.31 Å². The lowest BCUT2D eigenvalue weighted by molar-refractivity contribution is 0.321. The topological polar surface area (TPSA) is 29.5 Å². The predicted octanol–water partition coefficient (Wildman–Crippen LogP) is -0.471. The van der Waals surface area contributed by atoms with Crippen molar-refractivity contribution in [2.75, 3.05) is 13.6 Å². The Hall–Kier alpha value is -0.370. The van der Waals surface area contributed by atoms with E-state index in [2.05, 4.69) is 5.92 Å². The summed E-state index contributed by atoms with van der Waals surface area (Å²) >= 11 is -1.31. The van der Waals surface area contributed by atoms with Gasteiger partial charge in [0.25, 0.3) is 0 Å². The Kier molecular flexibility index (Phi) is 1.86. The van der Waals surface area contributed by atoms with Gasteiger partial charge in [0.15, 0.2) is 0 Å². The van der Waals surface area contributed by atoms with Crippen LogP contribution in [0.4, 0.5) is 0 Å². The summed E-state index contributed by atoms with van der Waals surface area (Å²) in [4.78, 5) is 0. The van der Waals surface area contributed by atoms with Gasteiger partial charge in [0.2, 0.25) is 11.3 Å². The van der Waals surface area contributed by atoms with Crippen LogP contribution in [0.3, 0.4) is 0 Å². The van der Waals surface area contributed by atoms with Crippen molar-refractivity contribution >= 4 is 11.3 Å². The molecule has 4 heteroatoms. The molecule has 0 aromatic carbocycles. The molecule has 1 saturated heterocycles. The summed E-state index contributed by atoms with van der Waals surface area (Å²) in [6.07, 6.45) is 4.73. The third-order valence-corrected chi connectivity index (χ3v) is 2.12. The molecule has 50 valence electrons. The molecule has 9 heavy (non-hydrogen) atoms. The zero-order valence-corrected chi connectivity index (χ0v) is 5.85. The van der Waals surface area contributed by atoms with Crippen LogP contribution in [0.5, 0.6) is 0 Å². The van der Waals surface area contributed by atoms with E-state index in [0.29, 0.717) is 6.54 Å². The first kappa shape index (κ1) is 6.75. The minimum Gasteiger partial charge on any atom is -0.260 e. The third kappa shape index (κ3) is 1.30. The fourth-order valence-electron chi connectivity index (χ4n) is 0.578. The molecule has 1 heterocycles. The predicted molar refractivity (Wildman–Crippen MR) is 34.5 cm³/mol. The van der Waals surface area contributed by atoms with Crippen molar-refractivity contribution in [1.29, 1.82) is 0 Å². The number of terminal acetylenes is 1. The first-order valence-corrected chi connectivity index (χ1v) is 3.53. The largest absolute Gasteiger partial charge is 0.260 e. The number of rotatable bonds is 0. The zero-order chi connectivity index (χ0) is 6.85. The maximum Gasteiger partial charge on any atom is 0.238 e. The van der Waals surface area contributed by atoms with Gasteiger partial charge in [-0.3, -0.25) is 4.18 Å². The molecule has 1 rings (SSSR count). The Labute approximate surface area is 56.8 Å². The first-order chi connectivity index (χ1) is 4.24. The quantitative estimate of drug-likeness (QED) is 0.431. The Morgan fingerprint density at radius 2 is 2.67 bits per heavy atom. The van der Waals surface area contributed by atoms with Crippen LogP contribution >= 0.6 is 0 Å². The Morgan fingerprint density at radius 1 is 2.00 bits per heavy atom. The second-order valence-electron chi connectivity index (χ2n) is 1.78. The van der Waals surface area contributed by atoms with E-state index in [0.717, 1.165) is 0 Å². The van der Waals surface area contributed by atoms with Crippen molar-refractivity contribution in [3.8, 4) is 12.3 Å². The van der Waals surface area contributed by atoms with Gasteiger partial charge < -0.3 is 0 Å². The van der Waals surface area contributed by atoms with Crippen molar-refractivity contribution < 1.29 is 8.39 Å². The minimum absolute atomic E-state index is 0.296. The molecule has 1 aliphatic rings. The zero-order valence-electron chi connectivity index (χ0n) is 5.03. The molecule has 0 aliphatic carbocycles. The van der Waals surface area contributed by atoms with Gasteiger partial charge in [-0.1, -0.05) is 5.92 Å². The van der Waals surface area contributed by atoms with E-state index in [-0.39, 0.29) is 6.10 Å². The average Bonchev–Trinajstić information content (AvgIpc) is 2.13. The van der Waals surface area contributed by atoms with E-state index in [4.69, 9.17) is 10.6 Å². The molecular weight excluding hydrogens is 138 g/mol. The minimum atomic E-state index is -1.31. The molecule has 1 aliphatic heterocycles. The van der Waals surface area contributed by atoms with Crippen molar-refractivity contribution in [3.63, 3.8) is 0 Å². The first-order valence-electron chi connectivity index (χ1n) is 2.50. The maximum atomic E-state index is 10.7. The summed E-state index contributed by atoms with van der Waals surface area (Å²) in [5, 5.41) is 0. The van der Waals surface area contributed by atoms with Gasteiger partial charge in [-0.2, -0.15) is 0 Å². The number of nitrogens with zero attached hydrogens (tertiary/aromatic N) is 1. The van der Waals surface area contributed by atoms with E-state index < -0.39 is 11.3 Å². The van der Waals surface area contributed by atoms with Crippen LogP contribution in [0, 0.1) is 12.3 Å². The van der Waals surface area contributed by atoms with Gasteiger partial charge in [0.05, 0.1) is 6.54 Å². The molecule has 0 aromatic rings. The van der Waals surface area contributed by atoms with Crippen LogP contribution in [0.2, 0.25) is 0 Å². The SMILES string of the molecule is C#CC1CN(C)S(=O)O1. The lowest BCUT2D eigenvalue weighted by Gasteiger charge is -1.97. The highest BCUT2D eigenvalue weighted by Crippen LogP contribution is 2.09. The van der Waals surface area contributed by atoms with E-state index in [1.165, 1.54) is 0 Å². The Bertz CT molecular complexity index is 174. The number of likely N-dealkylation sites (N-methyl/N-ethyl adjacent to an activating group) is 1. The molecule has 0 spiro atoms. The van der Waals surface area contributed by atoms with Crippen molar-refractivity contribution in [2.24, 2.45) is 0 Å². The van der Waals surface area contributed by atoms with Gasteiger partial charge in [0, 0.05) is 7.05 Å². The van der Waals surface area contributed by atoms with E-state index in [9.17, 15) is 4.21 Å². The maximum absolute atomic E-state index is 10.7. The van der Waals surface area contributed by atoms with Crippen LogP contribution < -0.4 is 0 Å². The van der Waals surface area contributed by atoms with Gasteiger partial charge in [-0.15, -0.1) is 6.42 Å². The summed E-state index contributed by atoms with van der Waals surface area (Å²) < 4.78 is 17.0. The van der Waals surface area contributed by atoms with Crippen LogP contribution in [0.15, 0.2) is 0 Å². The van der Waals surface area contributed by atoms with E-state index in [1.807, 2.05) is 0 Å². The Balaban J connectivity index is 2.57. The lowest BCUT2D eigenvalue weighted by Crippen LogP contribution is -2.15. The molecule has 0 bridgehead atoms. The molecule has 0 aromatic heterocycles. The molecule has 2 unspecified atom stereocenters.